The van der Waals surface area contributed by atoms with E-state index in [0.29, 0.717) is 17.8 Å². The molecule has 0 saturated heterocycles. The van der Waals surface area contributed by atoms with Gasteiger partial charge in [0.2, 0.25) is 0 Å². The number of nitro benzene ring substituents is 1. The highest BCUT2D eigenvalue weighted by Crippen LogP contribution is 2.32. The zero-order valence-electron chi connectivity index (χ0n) is 10.3. The number of carboxylic acids is 1. The van der Waals surface area contributed by atoms with Gasteiger partial charge in [-0.2, -0.15) is 0 Å². The molecule has 0 bridgehead atoms. The van der Waals surface area contributed by atoms with Crippen LogP contribution >= 0.6 is 11.6 Å². The molecule has 0 amide bonds. The summed E-state index contributed by atoms with van der Waals surface area (Å²) in [6.45, 7) is 5.29. The molecular formula is C12H13ClN2O4. The number of rotatable bonds is 6. The minimum absolute atomic E-state index is 0.0231. The molecule has 0 aromatic heterocycles. The lowest BCUT2D eigenvalue weighted by Crippen LogP contribution is -2.30. The van der Waals surface area contributed by atoms with Crippen LogP contribution in [0.3, 0.4) is 0 Å². The second-order valence-electron chi connectivity index (χ2n) is 3.91. The van der Waals surface area contributed by atoms with E-state index in [-0.39, 0.29) is 17.3 Å². The first kappa shape index (κ1) is 15.0. The number of nitro groups is 1. The second kappa shape index (κ2) is 6.19. The molecule has 1 N–H and O–H groups in total. The van der Waals surface area contributed by atoms with Gasteiger partial charge in [-0.3, -0.25) is 14.9 Å². The molecule has 0 atom stereocenters. The van der Waals surface area contributed by atoms with Crippen molar-refractivity contribution in [2.45, 2.75) is 6.92 Å². The maximum absolute atomic E-state index is 10.8. The summed E-state index contributed by atoms with van der Waals surface area (Å²) < 4.78 is 0. The van der Waals surface area contributed by atoms with Crippen molar-refractivity contribution in [3.63, 3.8) is 0 Å². The minimum Gasteiger partial charge on any atom is -0.480 e. The van der Waals surface area contributed by atoms with Crippen LogP contribution in [-0.4, -0.2) is 29.1 Å². The Morgan fingerprint density at radius 3 is 2.74 bits per heavy atom. The lowest BCUT2D eigenvalue weighted by Gasteiger charge is -2.23. The molecule has 7 heteroatoms. The Bertz CT molecular complexity index is 531. The van der Waals surface area contributed by atoms with E-state index in [1.54, 1.807) is 13.0 Å². The number of carboxylic acid groups (broad SMARTS) is 1. The molecule has 6 nitrogen and oxygen atoms in total. The number of carbonyl (C=O) groups is 1. The fraction of sp³-hybridized carbons (Fsp3) is 0.250. The van der Waals surface area contributed by atoms with E-state index in [1.165, 1.54) is 17.0 Å². The average molecular weight is 285 g/mol. The normalized spacial score (nSPS) is 10.0. The maximum atomic E-state index is 10.8. The molecule has 0 fully saturated rings. The van der Waals surface area contributed by atoms with Gasteiger partial charge in [-0.25, -0.2) is 0 Å². The van der Waals surface area contributed by atoms with Gasteiger partial charge in [0.25, 0.3) is 5.69 Å². The third-order valence-corrected chi connectivity index (χ3v) is 2.78. The average Bonchev–Trinajstić information content (AvgIpc) is 2.30. The summed E-state index contributed by atoms with van der Waals surface area (Å²) in [7, 11) is 0. The number of hydrogen-bond donors (Lipinski definition) is 1. The SMILES string of the molecule is C=CCN(CC(=O)O)c1cc(Cl)c([N+](=O)[O-])cc1C. The highest BCUT2D eigenvalue weighted by Gasteiger charge is 2.19. The number of anilines is 1. The number of hydrogen-bond acceptors (Lipinski definition) is 4. The molecule has 0 saturated carbocycles. The molecule has 0 heterocycles. The highest BCUT2D eigenvalue weighted by molar-refractivity contribution is 6.33. The Morgan fingerprint density at radius 1 is 1.63 bits per heavy atom. The van der Waals surface area contributed by atoms with Crippen LogP contribution in [0.15, 0.2) is 24.8 Å². The largest absolute Gasteiger partial charge is 0.480 e. The molecule has 1 rings (SSSR count). The number of benzene rings is 1. The summed E-state index contributed by atoms with van der Waals surface area (Å²) in [5.74, 6) is -1.00. The van der Waals surface area contributed by atoms with Gasteiger partial charge in [0.05, 0.1) is 4.92 Å². The molecule has 0 spiro atoms. The fourth-order valence-corrected chi connectivity index (χ4v) is 1.93. The Kier molecular flexibility index (Phi) is 4.88. The molecule has 0 aliphatic carbocycles. The van der Waals surface area contributed by atoms with E-state index < -0.39 is 10.9 Å². The summed E-state index contributed by atoms with van der Waals surface area (Å²) in [6, 6.07) is 2.73. The topological polar surface area (TPSA) is 83.7 Å². The highest BCUT2D eigenvalue weighted by atomic mass is 35.5. The molecule has 1 aromatic rings. The summed E-state index contributed by atoms with van der Waals surface area (Å²) in [5, 5.41) is 19.6. The molecule has 0 unspecified atom stereocenters. The van der Waals surface area contributed by atoms with E-state index in [0.717, 1.165) is 0 Å². The summed E-state index contributed by atoms with van der Waals surface area (Å²) in [6.07, 6.45) is 1.55. The van der Waals surface area contributed by atoms with E-state index in [1.807, 2.05) is 0 Å². The van der Waals surface area contributed by atoms with Gasteiger partial charge in [0.1, 0.15) is 11.6 Å². The molecular weight excluding hydrogens is 272 g/mol. The first-order valence-corrected chi connectivity index (χ1v) is 5.76. The summed E-state index contributed by atoms with van der Waals surface area (Å²) >= 11 is 5.84. The first-order chi connectivity index (χ1) is 8.86. The van der Waals surface area contributed by atoms with E-state index >= 15 is 0 Å². The molecule has 0 aliphatic heterocycles. The molecule has 0 radical (unpaired) electrons. The summed E-state index contributed by atoms with van der Waals surface area (Å²) in [4.78, 5) is 22.5. The van der Waals surface area contributed by atoms with Crippen LogP contribution in [0.1, 0.15) is 5.56 Å². The van der Waals surface area contributed by atoms with Gasteiger partial charge < -0.3 is 10.0 Å². The standard InChI is InChI=1S/C12H13ClN2O4/c1-3-4-14(7-12(16)17)10-6-9(13)11(15(18)19)5-8(10)2/h3,5-6H,1,4,7H2,2H3,(H,16,17). The van der Waals surface area contributed by atoms with Gasteiger partial charge in [0, 0.05) is 18.3 Å². The Balaban J connectivity index is 3.23. The Morgan fingerprint density at radius 2 is 2.26 bits per heavy atom. The van der Waals surface area contributed by atoms with Gasteiger partial charge in [-0.1, -0.05) is 17.7 Å². The number of halogens is 1. The molecule has 1 aromatic carbocycles. The van der Waals surface area contributed by atoms with Gasteiger partial charge in [0.15, 0.2) is 0 Å². The Hall–Kier alpha value is -2.08. The van der Waals surface area contributed by atoms with Crippen LogP contribution in [0.4, 0.5) is 11.4 Å². The third kappa shape index (κ3) is 3.69. The molecule has 0 aliphatic rings. The van der Waals surface area contributed by atoms with Crippen molar-refractivity contribution < 1.29 is 14.8 Å². The maximum Gasteiger partial charge on any atom is 0.323 e. The quantitative estimate of drug-likeness (QED) is 0.493. The van der Waals surface area contributed by atoms with Gasteiger partial charge in [-0.05, 0) is 18.6 Å². The van der Waals surface area contributed by atoms with Crippen LogP contribution in [0, 0.1) is 17.0 Å². The lowest BCUT2D eigenvalue weighted by molar-refractivity contribution is -0.384. The number of aliphatic carboxylic acids is 1. The predicted molar refractivity (Wildman–Crippen MR) is 72.9 cm³/mol. The van der Waals surface area contributed by atoms with Gasteiger partial charge >= 0.3 is 5.97 Å². The van der Waals surface area contributed by atoms with Crippen molar-refractivity contribution in [3.05, 3.63) is 45.5 Å². The zero-order valence-corrected chi connectivity index (χ0v) is 11.1. The van der Waals surface area contributed by atoms with E-state index in [4.69, 9.17) is 16.7 Å². The van der Waals surface area contributed by atoms with Gasteiger partial charge in [-0.15, -0.1) is 6.58 Å². The van der Waals surface area contributed by atoms with E-state index in [2.05, 4.69) is 6.58 Å². The van der Waals surface area contributed by atoms with Crippen LogP contribution < -0.4 is 4.90 Å². The first-order valence-electron chi connectivity index (χ1n) is 5.39. The van der Waals surface area contributed by atoms with Crippen molar-refractivity contribution in [2.24, 2.45) is 0 Å². The van der Waals surface area contributed by atoms with Crippen molar-refractivity contribution in [2.75, 3.05) is 18.0 Å². The zero-order chi connectivity index (χ0) is 14.6. The van der Waals surface area contributed by atoms with Crippen LogP contribution in [-0.2, 0) is 4.79 Å². The van der Waals surface area contributed by atoms with Crippen LogP contribution in [0.2, 0.25) is 5.02 Å². The van der Waals surface area contributed by atoms with Crippen molar-refractivity contribution in [3.8, 4) is 0 Å². The predicted octanol–water partition coefficient (Wildman–Crippen LogP) is 2.63. The van der Waals surface area contributed by atoms with Crippen molar-refractivity contribution in [1.29, 1.82) is 0 Å². The number of nitrogens with zero attached hydrogens (tertiary/aromatic N) is 2. The lowest BCUT2D eigenvalue weighted by atomic mass is 10.1. The minimum atomic E-state index is -1.00. The molecule has 19 heavy (non-hydrogen) atoms. The molecule has 102 valence electrons. The smallest absolute Gasteiger partial charge is 0.323 e. The fourth-order valence-electron chi connectivity index (χ4n) is 1.70. The monoisotopic (exact) mass is 284 g/mol. The van der Waals surface area contributed by atoms with Crippen molar-refractivity contribution >= 4 is 28.9 Å². The van der Waals surface area contributed by atoms with Crippen LogP contribution in [0.5, 0.6) is 0 Å². The van der Waals surface area contributed by atoms with Crippen molar-refractivity contribution in [1.82, 2.24) is 0 Å². The third-order valence-electron chi connectivity index (χ3n) is 2.48. The summed E-state index contributed by atoms with van der Waals surface area (Å²) in [5.41, 5.74) is 0.925. The second-order valence-corrected chi connectivity index (χ2v) is 4.32. The van der Waals surface area contributed by atoms with Crippen LogP contribution in [0.25, 0.3) is 0 Å². The Labute approximate surface area is 115 Å². The number of aryl methyl sites for hydroxylation is 1. The van der Waals surface area contributed by atoms with E-state index in [9.17, 15) is 14.9 Å².